The minimum absolute atomic E-state index is 0.0156. The van der Waals surface area contributed by atoms with E-state index < -0.39 is 0 Å². The fourth-order valence-electron chi connectivity index (χ4n) is 2.94. The zero-order valence-electron chi connectivity index (χ0n) is 13.7. The Kier molecular flexibility index (Phi) is 4.71. The van der Waals surface area contributed by atoms with Crippen molar-refractivity contribution in [2.24, 2.45) is 5.92 Å². The molecular formula is C19H19BrN2O2. The maximum absolute atomic E-state index is 12.5. The van der Waals surface area contributed by atoms with Crippen molar-refractivity contribution in [2.45, 2.75) is 20.3 Å². The smallest absolute Gasteiger partial charge is 0.229 e. The number of rotatable bonds is 3. The number of carbonyl (C=O) groups is 2. The van der Waals surface area contributed by atoms with Crippen LogP contribution in [0.5, 0.6) is 0 Å². The van der Waals surface area contributed by atoms with Crippen LogP contribution < -0.4 is 10.2 Å². The summed E-state index contributed by atoms with van der Waals surface area (Å²) < 4.78 is 0.960. The largest absolute Gasteiger partial charge is 0.326 e. The fraction of sp³-hybridized carbons (Fsp3) is 0.263. The summed E-state index contributed by atoms with van der Waals surface area (Å²) >= 11 is 3.39. The Balaban J connectivity index is 1.70. The molecule has 2 amide bonds. The molecule has 124 valence electrons. The molecule has 1 N–H and O–H groups in total. The van der Waals surface area contributed by atoms with Crippen LogP contribution in [0.25, 0.3) is 0 Å². The molecule has 0 aromatic heterocycles. The van der Waals surface area contributed by atoms with Crippen LogP contribution in [0, 0.1) is 19.8 Å². The van der Waals surface area contributed by atoms with Crippen molar-refractivity contribution in [3.63, 3.8) is 0 Å². The van der Waals surface area contributed by atoms with E-state index in [0.717, 1.165) is 27.0 Å². The molecule has 1 saturated heterocycles. The fourth-order valence-corrected chi connectivity index (χ4v) is 3.21. The van der Waals surface area contributed by atoms with E-state index in [1.54, 1.807) is 4.90 Å². The predicted molar refractivity (Wildman–Crippen MR) is 99.1 cm³/mol. The number of nitrogens with zero attached hydrogens (tertiary/aromatic N) is 1. The number of hydrogen-bond donors (Lipinski definition) is 1. The summed E-state index contributed by atoms with van der Waals surface area (Å²) in [6.07, 6.45) is 0.243. The van der Waals surface area contributed by atoms with Gasteiger partial charge in [-0.15, -0.1) is 0 Å². The summed E-state index contributed by atoms with van der Waals surface area (Å²) in [7, 11) is 0. The van der Waals surface area contributed by atoms with Gasteiger partial charge in [0.2, 0.25) is 11.8 Å². The van der Waals surface area contributed by atoms with Gasteiger partial charge in [0.05, 0.1) is 5.92 Å². The van der Waals surface area contributed by atoms with Gasteiger partial charge >= 0.3 is 0 Å². The molecule has 1 atom stereocenters. The maximum atomic E-state index is 12.5. The lowest BCUT2D eigenvalue weighted by atomic mass is 10.1. The number of amides is 2. The third-order valence-corrected chi connectivity index (χ3v) is 4.80. The molecule has 3 rings (SSSR count). The van der Waals surface area contributed by atoms with Crippen molar-refractivity contribution >= 4 is 39.1 Å². The molecule has 1 aliphatic heterocycles. The average Bonchev–Trinajstić information content (AvgIpc) is 2.93. The van der Waals surface area contributed by atoms with Crippen molar-refractivity contribution < 1.29 is 9.59 Å². The first kappa shape index (κ1) is 16.7. The quantitative estimate of drug-likeness (QED) is 0.864. The average molecular weight is 387 g/mol. The van der Waals surface area contributed by atoms with Gasteiger partial charge in [-0.05, 0) is 49.7 Å². The highest BCUT2D eigenvalue weighted by Crippen LogP contribution is 2.27. The van der Waals surface area contributed by atoms with Gasteiger partial charge in [0.1, 0.15) is 0 Å². The van der Waals surface area contributed by atoms with E-state index in [2.05, 4.69) is 21.2 Å². The highest BCUT2D eigenvalue weighted by Gasteiger charge is 2.35. The number of anilines is 2. The number of halogens is 1. The van der Waals surface area contributed by atoms with Gasteiger partial charge in [-0.25, -0.2) is 0 Å². The van der Waals surface area contributed by atoms with Crippen LogP contribution in [-0.4, -0.2) is 18.4 Å². The molecule has 0 radical (unpaired) electrons. The van der Waals surface area contributed by atoms with Gasteiger partial charge < -0.3 is 10.2 Å². The second kappa shape index (κ2) is 6.77. The van der Waals surface area contributed by atoms with Crippen LogP contribution in [-0.2, 0) is 9.59 Å². The van der Waals surface area contributed by atoms with Crippen LogP contribution >= 0.6 is 15.9 Å². The van der Waals surface area contributed by atoms with E-state index in [4.69, 9.17) is 0 Å². The second-order valence-corrected chi connectivity index (χ2v) is 7.11. The Morgan fingerprint density at radius 3 is 2.54 bits per heavy atom. The molecule has 2 aromatic carbocycles. The normalized spacial score (nSPS) is 17.2. The molecule has 0 saturated carbocycles. The van der Waals surface area contributed by atoms with Gasteiger partial charge in [0.25, 0.3) is 0 Å². The number of benzene rings is 2. The minimum atomic E-state index is -0.332. The maximum Gasteiger partial charge on any atom is 0.229 e. The first-order valence-corrected chi connectivity index (χ1v) is 8.67. The summed E-state index contributed by atoms with van der Waals surface area (Å²) in [5.41, 5.74) is 3.81. The van der Waals surface area contributed by atoms with Gasteiger partial charge in [-0.3, -0.25) is 9.59 Å². The Hall–Kier alpha value is -2.14. The lowest BCUT2D eigenvalue weighted by Gasteiger charge is -2.17. The molecule has 0 spiro atoms. The summed E-state index contributed by atoms with van der Waals surface area (Å²) in [4.78, 5) is 26.5. The summed E-state index contributed by atoms with van der Waals surface area (Å²) in [6, 6.07) is 13.5. The van der Waals surface area contributed by atoms with Crippen LogP contribution in [0.4, 0.5) is 11.4 Å². The van der Waals surface area contributed by atoms with Crippen molar-refractivity contribution in [1.29, 1.82) is 0 Å². The summed E-state index contributed by atoms with van der Waals surface area (Å²) in [5.74, 6) is -0.449. The topological polar surface area (TPSA) is 49.4 Å². The van der Waals surface area contributed by atoms with Gasteiger partial charge in [-0.1, -0.05) is 33.6 Å². The third kappa shape index (κ3) is 3.51. The van der Waals surface area contributed by atoms with Crippen molar-refractivity contribution in [2.75, 3.05) is 16.8 Å². The number of carbonyl (C=O) groups excluding carboxylic acids is 2. The molecule has 1 aliphatic rings. The number of nitrogens with one attached hydrogen (secondary N) is 1. The van der Waals surface area contributed by atoms with Crippen molar-refractivity contribution in [3.05, 3.63) is 58.1 Å². The Morgan fingerprint density at radius 1 is 1.17 bits per heavy atom. The lowest BCUT2D eigenvalue weighted by molar-refractivity contribution is -0.122. The monoisotopic (exact) mass is 386 g/mol. The number of aryl methyl sites for hydroxylation is 2. The second-order valence-electron chi connectivity index (χ2n) is 6.19. The molecule has 0 aliphatic carbocycles. The highest BCUT2D eigenvalue weighted by atomic mass is 79.9. The molecule has 1 heterocycles. The van der Waals surface area contributed by atoms with Crippen LogP contribution in [0.15, 0.2) is 46.9 Å². The van der Waals surface area contributed by atoms with E-state index in [1.807, 2.05) is 56.3 Å². The Labute approximate surface area is 150 Å². The van der Waals surface area contributed by atoms with Crippen molar-refractivity contribution in [1.82, 2.24) is 0 Å². The lowest BCUT2D eigenvalue weighted by Crippen LogP contribution is -2.28. The summed E-state index contributed by atoms with van der Waals surface area (Å²) in [6.45, 7) is 4.40. The van der Waals surface area contributed by atoms with Gasteiger partial charge in [0, 0.05) is 28.8 Å². The molecule has 0 unspecified atom stereocenters. The molecule has 1 fully saturated rings. The highest BCUT2D eigenvalue weighted by molar-refractivity contribution is 9.10. The Bertz CT molecular complexity index is 786. The van der Waals surface area contributed by atoms with E-state index in [9.17, 15) is 9.59 Å². The molecule has 4 nitrogen and oxygen atoms in total. The zero-order chi connectivity index (χ0) is 17.3. The van der Waals surface area contributed by atoms with E-state index in [-0.39, 0.29) is 24.2 Å². The zero-order valence-corrected chi connectivity index (χ0v) is 15.3. The molecule has 2 aromatic rings. The first-order chi connectivity index (χ1) is 11.4. The van der Waals surface area contributed by atoms with Crippen LogP contribution in [0.3, 0.4) is 0 Å². The molecule has 5 heteroatoms. The van der Waals surface area contributed by atoms with E-state index in [1.165, 1.54) is 0 Å². The first-order valence-electron chi connectivity index (χ1n) is 7.88. The third-order valence-electron chi connectivity index (χ3n) is 4.27. The van der Waals surface area contributed by atoms with Gasteiger partial charge in [0.15, 0.2) is 0 Å². The standard InChI is InChI=1S/C19H19BrN2O2/c1-12-3-8-17(13(2)9-12)21-19(24)14-10-18(23)22(11-14)16-6-4-15(20)5-7-16/h3-9,14H,10-11H2,1-2H3,(H,21,24)/t14-/m1/s1. The predicted octanol–water partition coefficient (Wildman–Crippen LogP) is 4.06. The molecule has 24 heavy (non-hydrogen) atoms. The molecule has 0 bridgehead atoms. The van der Waals surface area contributed by atoms with E-state index >= 15 is 0 Å². The van der Waals surface area contributed by atoms with E-state index in [0.29, 0.717) is 6.54 Å². The van der Waals surface area contributed by atoms with Gasteiger partial charge in [-0.2, -0.15) is 0 Å². The SMILES string of the molecule is Cc1ccc(NC(=O)[C@@H]2CC(=O)N(c3ccc(Br)cc3)C2)c(C)c1. The van der Waals surface area contributed by atoms with Crippen LogP contribution in [0.1, 0.15) is 17.5 Å². The molecular weight excluding hydrogens is 368 g/mol. The summed E-state index contributed by atoms with van der Waals surface area (Å²) in [5, 5.41) is 2.96. The van der Waals surface area contributed by atoms with Crippen LogP contribution in [0.2, 0.25) is 0 Å². The Morgan fingerprint density at radius 2 is 1.88 bits per heavy atom. The minimum Gasteiger partial charge on any atom is -0.326 e. The number of hydrogen-bond acceptors (Lipinski definition) is 2. The van der Waals surface area contributed by atoms with Crippen molar-refractivity contribution in [3.8, 4) is 0 Å².